The van der Waals surface area contributed by atoms with Crippen molar-refractivity contribution in [1.29, 1.82) is 0 Å². The van der Waals surface area contributed by atoms with Crippen LogP contribution in [0.25, 0.3) is 0 Å². The molecular formula is C19H16N2O5S. The summed E-state index contributed by atoms with van der Waals surface area (Å²) in [6, 6.07) is 13.3. The second-order valence-electron chi connectivity index (χ2n) is 6.57. The van der Waals surface area contributed by atoms with Crippen LogP contribution in [0.5, 0.6) is 0 Å². The second-order valence-corrected chi connectivity index (χ2v) is 8.32. The van der Waals surface area contributed by atoms with Gasteiger partial charge in [-0.2, -0.15) is 4.31 Å². The zero-order valence-corrected chi connectivity index (χ0v) is 15.4. The maximum Gasteiger partial charge on any atom is 0.288 e. The fourth-order valence-corrected chi connectivity index (χ4v) is 4.79. The molecule has 0 N–H and O–H groups in total. The zero-order valence-electron chi connectivity index (χ0n) is 14.6. The lowest BCUT2D eigenvalue weighted by Gasteiger charge is -2.19. The first-order valence-corrected chi connectivity index (χ1v) is 9.79. The van der Waals surface area contributed by atoms with Crippen molar-refractivity contribution in [2.45, 2.75) is 24.8 Å². The number of carbonyl (C=O) groups excluding carboxylic acids is 2. The Morgan fingerprint density at radius 3 is 2.44 bits per heavy atom. The van der Waals surface area contributed by atoms with E-state index in [0.29, 0.717) is 10.0 Å². The van der Waals surface area contributed by atoms with E-state index >= 15 is 0 Å². The minimum atomic E-state index is -4.24. The van der Waals surface area contributed by atoms with Crippen molar-refractivity contribution in [3.05, 3.63) is 65.2 Å². The van der Waals surface area contributed by atoms with Gasteiger partial charge >= 0.3 is 0 Å². The minimum Gasteiger partial charge on any atom is -0.381 e. The normalized spacial score (nSPS) is 23.0. The van der Waals surface area contributed by atoms with Crippen LogP contribution in [0, 0.1) is 12.8 Å². The number of fused-ring (bicyclic) bond motifs is 1. The van der Waals surface area contributed by atoms with Crippen molar-refractivity contribution < 1.29 is 22.8 Å². The highest BCUT2D eigenvalue weighted by molar-refractivity contribution is 7.90. The largest absolute Gasteiger partial charge is 0.381 e. The predicted molar refractivity (Wildman–Crippen MR) is 96.6 cm³/mol. The van der Waals surface area contributed by atoms with Gasteiger partial charge in [0.1, 0.15) is 4.90 Å². The summed E-state index contributed by atoms with van der Waals surface area (Å²) in [5.74, 6) is -2.31. The van der Waals surface area contributed by atoms with Gasteiger partial charge in [0.05, 0.1) is 17.2 Å². The van der Waals surface area contributed by atoms with E-state index in [1.165, 1.54) is 18.2 Å². The van der Waals surface area contributed by atoms with E-state index in [0.717, 1.165) is 11.1 Å². The molecule has 0 fully saturated rings. The Hall–Kier alpha value is -3.00. The number of aryl methyl sites for hydroxylation is 1. The second kappa shape index (κ2) is 6.02. The van der Waals surface area contributed by atoms with Crippen LogP contribution in [-0.4, -0.2) is 36.4 Å². The van der Waals surface area contributed by atoms with Crippen LogP contribution in [0.15, 0.2) is 58.6 Å². The Bertz CT molecular complexity index is 1090. The predicted octanol–water partition coefficient (Wildman–Crippen LogP) is 2.11. The molecule has 0 saturated carbocycles. The molecule has 0 bridgehead atoms. The Morgan fingerprint density at radius 2 is 1.78 bits per heavy atom. The molecule has 0 aliphatic carbocycles. The van der Waals surface area contributed by atoms with Crippen LogP contribution in [0.3, 0.4) is 0 Å². The lowest BCUT2D eigenvalue weighted by atomic mass is 9.93. The molecule has 2 aliphatic heterocycles. The topological polar surface area (TPSA) is 93.1 Å². The quantitative estimate of drug-likeness (QED) is 0.740. The molecule has 0 aromatic heterocycles. The first kappa shape index (κ1) is 17.4. The molecule has 2 aromatic rings. The van der Waals surface area contributed by atoms with Crippen LogP contribution in [-0.2, 0) is 19.7 Å². The molecular weight excluding hydrogens is 368 g/mol. The van der Waals surface area contributed by atoms with E-state index in [9.17, 15) is 18.0 Å². The third-order valence-electron chi connectivity index (χ3n) is 4.76. The van der Waals surface area contributed by atoms with Gasteiger partial charge in [0.2, 0.25) is 6.10 Å². The summed E-state index contributed by atoms with van der Waals surface area (Å²) in [4.78, 5) is 30.5. The number of amides is 2. The molecule has 0 spiro atoms. The van der Waals surface area contributed by atoms with Gasteiger partial charge in [-0.1, -0.05) is 54.0 Å². The van der Waals surface area contributed by atoms with Crippen LogP contribution < -0.4 is 0 Å². The molecule has 0 saturated heterocycles. The highest BCUT2D eigenvalue weighted by Gasteiger charge is 2.50. The summed E-state index contributed by atoms with van der Waals surface area (Å²) >= 11 is 0. The van der Waals surface area contributed by atoms with Crippen LogP contribution in [0.4, 0.5) is 0 Å². The van der Waals surface area contributed by atoms with E-state index in [1.54, 1.807) is 13.0 Å². The Morgan fingerprint density at radius 1 is 1.11 bits per heavy atom. The summed E-state index contributed by atoms with van der Waals surface area (Å²) in [6.45, 7) is 3.67. The summed E-state index contributed by atoms with van der Waals surface area (Å²) < 4.78 is 25.7. The fourth-order valence-electron chi connectivity index (χ4n) is 3.25. The smallest absolute Gasteiger partial charge is 0.288 e. The van der Waals surface area contributed by atoms with Gasteiger partial charge in [-0.25, -0.2) is 8.42 Å². The number of imide groups is 1. The first-order valence-electron chi connectivity index (χ1n) is 8.35. The standard InChI is InChI=1S/C19H16N2O5S/c1-11-7-9-13(10-8-11)16-12(2)17(26-20-16)19(23)21-18(22)14-5-3-4-6-15(14)27(21,24)25/h3-10,12,17H,1-2H3. The fraction of sp³-hybridized carbons (Fsp3) is 0.211. The van der Waals surface area contributed by atoms with Gasteiger partial charge in [0, 0.05) is 0 Å². The molecule has 138 valence electrons. The number of hydrogen-bond acceptors (Lipinski definition) is 6. The lowest BCUT2D eigenvalue weighted by molar-refractivity contribution is -0.136. The molecule has 2 heterocycles. The Balaban J connectivity index is 1.64. The van der Waals surface area contributed by atoms with Crippen molar-refractivity contribution in [3.63, 3.8) is 0 Å². The molecule has 2 atom stereocenters. The van der Waals surface area contributed by atoms with Crippen molar-refractivity contribution in [2.24, 2.45) is 11.1 Å². The molecule has 2 unspecified atom stereocenters. The summed E-state index contributed by atoms with van der Waals surface area (Å²) in [6.07, 6.45) is -1.19. The van der Waals surface area contributed by atoms with Gasteiger partial charge in [-0.15, -0.1) is 0 Å². The van der Waals surface area contributed by atoms with Crippen LogP contribution >= 0.6 is 0 Å². The molecule has 2 amide bonds. The van der Waals surface area contributed by atoms with Crippen LogP contribution in [0.2, 0.25) is 0 Å². The van der Waals surface area contributed by atoms with Crippen LogP contribution in [0.1, 0.15) is 28.4 Å². The average Bonchev–Trinajstić information content (AvgIpc) is 3.12. The Kier molecular flexibility index (Phi) is 3.88. The van der Waals surface area contributed by atoms with Gasteiger partial charge in [-0.05, 0) is 24.6 Å². The van der Waals surface area contributed by atoms with Crippen molar-refractivity contribution in [1.82, 2.24) is 4.31 Å². The maximum atomic E-state index is 12.9. The maximum absolute atomic E-state index is 12.9. The van der Waals surface area contributed by atoms with Crippen molar-refractivity contribution in [3.8, 4) is 0 Å². The van der Waals surface area contributed by atoms with Gasteiger partial charge in [0.15, 0.2) is 0 Å². The van der Waals surface area contributed by atoms with Gasteiger partial charge < -0.3 is 4.84 Å². The highest BCUT2D eigenvalue weighted by atomic mass is 32.2. The van der Waals surface area contributed by atoms with E-state index in [1.807, 2.05) is 31.2 Å². The number of rotatable bonds is 2. The highest BCUT2D eigenvalue weighted by Crippen LogP contribution is 2.33. The third kappa shape index (κ3) is 2.56. The SMILES string of the molecule is Cc1ccc(C2=NOC(C(=O)N3C(=O)c4ccccc4S3(=O)=O)C2C)cc1. The Labute approximate surface area is 156 Å². The van der Waals surface area contributed by atoms with Gasteiger partial charge in [0.25, 0.3) is 21.8 Å². The lowest BCUT2D eigenvalue weighted by Crippen LogP contribution is -2.45. The zero-order chi connectivity index (χ0) is 19.3. The first-order chi connectivity index (χ1) is 12.8. The molecule has 7 nitrogen and oxygen atoms in total. The van der Waals surface area contributed by atoms with E-state index < -0.39 is 33.9 Å². The number of benzene rings is 2. The van der Waals surface area contributed by atoms with Crippen molar-refractivity contribution >= 4 is 27.5 Å². The minimum absolute atomic E-state index is 0.0174. The average molecular weight is 384 g/mol. The molecule has 2 aliphatic rings. The summed E-state index contributed by atoms with van der Waals surface area (Å²) in [5, 5.41) is 3.98. The third-order valence-corrected chi connectivity index (χ3v) is 6.50. The molecule has 4 rings (SSSR count). The molecule has 8 heteroatoms. The van der Waals surface area contributed by atoms with Gasteiger partial charge in [-0.3, -0.25) is 9.59 Å². The number of sulfonamides is 1. The monoisotopic (exact) mass is 384 g/mol. The number of nitrogens with zero attached hydrogens (tertiary/aromatic N) is 2. The number of carbonyl (C=O) groups is 2. The van der Waals surface area contributed by atoms with Crippen molar-refractivity contribution in [2.75, 3.05) is 0 Å². The van der Waals surface area contributed by atoms with E-state index in [-0.39, 0.29) is 10.5 Å². The molecule has 0 radical (unpaired) electrons. The van der Waals surface area contributed by atoms with E-state index in [4.69, 9.17) is 4.84 Å². The summed E-state index contributed by atoms with van der Waals surface area (Å²) in [7, 11) is -4.24. The molecule has 27 heavy (non-hydrogen) atoms. The number of hydrogen-bond donors (Lipinski definition) is 0. The van der Waals surface area contributed by atoms with E-state index in [2.05, 4.69) is 5.16 Å². The molecule has 2 aromatic carbocycles. The number of oxime groups is 1. The summed E-state index contributed by atoms with van der Waals surface area (Å²) in [5.41, 5.74) is 2.37.